The van der Waals surface area contributed by atoms with Gasteiger partial charge in [-0.3, -0.25) is 0 Å². The second kappa shape index (κ2) is 1.95. The number of aliphatic hydroxyl groups is 1. The van der Waals surface area contributed by atoms with Crippen LogP contribution in [0.25, 0.3) is 0 Å². The van der Waals surface area contributed by atoms with Crippen molar-refractivity contribution in [2.24, 2.45) is 5.92 Å². The van der Waals surface area contributed by atoms with Gasteiger partial charge in [-0.1, -0.05) is 0 Å². The van der Waals surface area contributed by atoms with Gasteiger partial charge < -0.3 is 9.84 Å². The molecule has 0 aromatic heterocycles. The van der Waals surface area contributed by atoms with Crippen LogP contribution in [0.5, 0.6) is 0 Å². The molecule has 2 fully saturated rings. The van der Waals surface area contributed by atoms with E-state index >= 15 is 0 Å². The van der Waals surface area contributed by atoms with Gasteiger partial charge in [0, 0.05) is 0 Å². The SMILES string of the molecule is C[C@]1(CO)C[C@H]2CCC2O1. The monoisotopic (exact) mass is 142 g/mol. The molecule has 58 valence electrons. The Morgan fingerprint density at radius 1 is 1.60 bits per heavy atom. The molecule has 0 amide bonds. The first-order valence-electron chi connectivity index (χ1n) is 4.02. The second-order valence-electron chi connectivity index (χ2n) is 3.81. The molecule has 2 nitrogen and oxygen atoms in total. The lowest BCUT2D eigenvalue weighted by Gasteiger charge is -2.28. The molecule has 0 bridgehead atoms. The van der Waals surface area contributed by atoms with Crippen LogP contribution in [0, 0.1) is 5.92 Å². The van der Waals surface area contributed by atoms with E-state index in [2.05, 4.69) is 0 Å². The minimum absolute atomic E-state index is 0.181. The fourth-order valence-corrected chi connectivity index (χ4v) is 2.00. The molecule has 1 N–H and O–H groups in total. The molecule has 1 heterocycles. The minimum atomic E-state index is -0.203. The van der Waals surface area contributed by atoms with Crippen LogP contribution in [0.1, 0.15) is 26.2 Å². The van der Waals surface area contributed by atoms with Gasteiger partial charge in [-0.2, -0.15) is 0 Å². The average molecular weight is 142 g/mol. The van der Waals surface area contributed by atoms with Gasteiger partial charge >= 0.3 is 0 Å². The van der Waals surface area contributed by atoms with E-state index in [1.165, 1.54) is 12.8 Å². The quantitative estimate of drug-likeness (QED) is 0.590. The molecule has 10 heavy (non-hydrogen) atoms. The number of aliphatic hydroxyl groups excluding tert-OH is 1. The summed E-state index contributed by atoms with van der Waals surface area (Å²) in [6.07, 6.45) is 4.06. The Hall–Kier alpha value is -0.0800. The lowest BCUT2D eigenvalue weighted by Crippen LogP contribution is -2.30. The van der Waals surface area contributed by atoms with E-state index in [0.717, 1.165) is 12.3 Å². The van der Waals surface area contributed by atoms with Gasteiger partial charge in [0.1, 0.15) is 0 Å². The Bertz CT molecular complexity index is 132. The highest BCUT2D eigenvalue weighted by molar-refractivity contribution is 4.96. The van der Waals surface area contributed by atoms with Gasteiger partial charge in [0.2, 0.25) is 0 Å². The summed E-state index contributed by atoms with van der Waals surface area (Å²) in [5, 5.41) is 8.96. The summed E-state index contributed by atoms with van der Waals surface area (Å²) in [7, 11) is 0. The molecule has 1 unspecified atom stereocenters. The summed E-state index contributed by atoms with van der Waals surface area (Å²) in [6, 6.07) is 0. The molecule has 2 aliphatic rings. The average Bonchev–Trinajstić information content (AvgIpc) is 2.13. The van der Waals surface area contributed by atoms with Crippen molar-refractivity contribution >= 4 is 0 Å². The highest BCUT2D eigenvalue weighted by Gasteiger charge is 2.47. The number of fused-ring (bicyclic) bond motifs is 1. The molecule has 1 aliphatic carbocycles. The normalized spacial score (nSPS) is 52.2. The molecule has 0 aromatic rings. The predicted octanol–water partition coefficient (Wildman–Crippen LogP) is 0.936. The van der Waals surface area contributed by atoms with Crippen LogP contribution in [-0.2, 0) is 4.74 Å². The van der Waals surface area contributed by atoms with E-state index in [-0.39, 0.29) is 12.2 Å². The maximum atomic E-state index is 8.96. The fourth-order valence-electron chi connectivity index (χ4n) is 2.00. The fraction of sp³-hybridized carbons (Fsp3) is 1.00. The molecule has 1 aliphatic heterocycles. The van der Waals surface area contributed by atoms with Crippen molar-refractivity contribution in [2.45, 2.75) is 37.9 Å². The minimum Gasteiger partial charge on any atom is -0.393 e. The van der Waals surface area contributed by atoms with Gasteiger partial charge in [-0.25, -0.2) is 0 Å². The van der Waals surface area contributed by atoms with E-state index < -0.39 is 0 Å². The van der Waals surface area contributed by atoms with E-state index in [1.54, 1.807) is 0 Å². The van der Waals surface area contributed by atoms with Crippen molar-refractivity contribution in [2.75, 3.05) is 6.61 Å². The topological polar surface area (TPSA) is 29.5 Å². The van der Waals surface area contributed by atoms with Gasteiger partial charge in [-0.05, 0) is 32.1 Å². The molecular weight excluding hydrogens is 128 g/mol. The molecule has 0 spiro atoms. The Morgan fingerprint density at radius 3 is 2.70 bits per heavy atom. The molecule has 0 radical (unpaired) electrons. The smallest absolute Gasteiger partial charge is 0.0891 e. The third kappa shape index (κ3) is 0.789. The third-order valence-electron chi connectivity index (χ3n) is 2.81. The van der Waals surface area contributed by atoms with E-state index in [1.807, 2.05) is 6.92 Å². The first-order chi connectivity index (χ1) is 4.73. The summed E-state index contributed by atoms with van der Waals surface area (Å²) >= 11 is 0. The largest absolute Gasteiger partial charge is 0.393 e. The molecule has 3 atom stereocenters. The van der Waals surface area contributed by atoms with Crippen LogP contribution in [0.3, 0.4) is 0 Å². The maximum Gasteiger partial charge on any atom is 0.0891 e. The van der Waals surface area contributed by atoms with Gasteiger partial charge in [-0.15, -0.1) is 0 Å². The van der Waals surface area contributed by atoms with Gasteiger partial charge in [0.05, 0.1) is 18.3 Å². The third-order valence-corrected chi connectivity index (χ3v) is 2.81. The van der Waals surface area contributed by atoms with Gasteiger partial charge in [0.25, 0.3) is 0 Å². The zero-order chi connectivity index (χ0) is 7.19. The Labute approximate surface area is 61.2 Å². The summed E-state index contributed by atoms with van der Waals surface area (Å²) in [6.45, 7) is 2.19. The Balaban J connectivity index is 2.03. The van der Waals surface area contributed by atoms with Crippen molar-refractivity contribution in [3.8, 4) is 0 Å². The molecule has 2 rings (SSSR count). The standard InChI is InChI=1S/C8H14O2/c1-8(5-9)4-6-2-3-7(6)10-8/h6-7,9H,2-5H2,1H3/t6-,7?,8-/m1/s1. The van der Waals surface area contributed by atoms with Crippen molar-refractivity contribution < 1.29 is 9.84 Å². The molecular formula is C8H14O2. The van der Waals surface area contributed by atoms with Crippen LogP contribution in [-0.4, -0.2) is 23.4 Å². The summed E-state index contributed by atoms with van der Waals surface area (Å²) in [4.78, 5) is 0. The maximum absolute atomic E-state index is 8.96. The Morgan fingerprint density at radius 2 is 2.40 bits per heavy atom. The van der Waals surface area contributed by atoms with Crippen LogP contribution in [0.15, 0.2) is 0 Å². The van der Waals surface area contributed by atoms with Crippen molar-refractivity contribution in [3.63, 3.8) is 0 Å². The summed E-state index contributed by atoms with van der Waals surface area (Å²) < 4.78 is 5.65. The van der Waals surface area contributed by atoms with Crippen LogP contribution >= 0.6 is 0 Å². The number of hydrogen-bond donors (Lipinski definition) is 1. The predicted molar refractivity (Wildman–Crippen MR) is 37.7 cm³/mol. The number of ether oxygens (including phenoxy) is 1. The van der Waals surface area contributed by atoms with Crippen molar-refractivity contribution in [1.82, 2.24) is 0 Å². The van der Waals surface area contributed by atoms with Crippen molar-refractivity contribution in [1.29, 1.82) is 0 Å². The number of hydrogen-bond acceptors (Lipinski definition) is 2. The second-order valence-corrected chi connectivity index (χ2v) is 3.81. The zero-order valence-corrected chi connectivity index (χ0v) is 6.34. The first-order valence-corrected chi connectivity index (χ1v) is 4.02. The van der Waals surface area contributed by atoms with Crippen LogP contribution in [0.4, 0.5) is 0 Å². The van der Waals surface area contributed by atoms with E-state index in [9.17, 15) is 0 Å². The highest BCUT2D eigenvalue weighted by atomic mass is 16.5. The lowest BCUT2D eigenvalue weighted by atomic mass is 9.79. The highest BCUT2D eigenvalue weighted by Crippen LogP contribution is 2.45. The molecule has 2 heteroatoms. The van der Waals surface area contributed by atoms with Crippen LogP contribution < -0.4 is 0 Å². The molecule has 1 saturated heterocycles. The number of rotatable bonds is 1. The van der Waals surface area contributed by atoms with E-state index in [4.69, 9.17) is 9.84 Å². The van der Waals surface area contributed by atoms with E-state index in [0.29, 0.717) is 6.10 Å². The van der Waals surface area contributed by atoms with Crippen molar-refractivity contribution in [3.05, 3.63) is 0 Å². The lowest BCUT2D eigenvalue weighted by molar-refractivity contribution is -0.0796. The molecule has 0 aromatic carbocycles. The summed E-state index contributed by atoms with van der Waals surface area (Å²) in [5.41, 5.74) is -0.203. The Kier molecular flexibility index (Phi) is 1.29. The first kappa shape index (κ1) is 6.62. The molecule has 1 saturated carbocycles. The zero-order valence-electron chi connectivity index (χ0n) is 6.34. The van der Waals surface area contributed by atoms with Crippen LogP contribution in [0.2, 0.25) is 0 Å². The van der Waals surface area contributed by atoms with Gasteiger partial charge in [0.15, 0.2) is 0 Å². The summed E-state index contributed by atoms with van der Waals surface area (Å²) in [5.74, 6) is 0.761.